The molecular formula is C17H18BrNO3. The minimum Gasteiger partial charge on any atom is -0.465 e. The summed E-state index contributed by atoms with van der Waals surface area (Å²) in [7, 11) is 1.36. The average Bonchev–Trinajstić information content (AvgIpc) is 2.56. The fourth-order valence-corrected chi connectivity index (χ4v) is 2.88. The van der Waals surface area contributed by atoms with Gasteiger partial charge in [0.25, 0.3) is 0 Å². The molecule has 4 nitrogen and oxygen atoms in total. The van der Waals surface area contributed by atoms with Crippen molar-refractivity contribution in [3.05, 3.63) is 63.9 Å². The molecule has 22 heavy (non-hydrogen) atoms. The van der Waals surface area contributed by atoms with E-state index >= 15 is 0 Å². The fraction of sp³-hybridized carbons (Fsp3) is 0.294. The zero-order valence-electron chi connectivity index (χ0n) is 12.3. The summed E-state index contributed by atoms with van der Waals surface area (Å²) in [6, 6.07) is 9.28. The third-order valence-corrected chi connectivity index (χ3v) is 4.35. The van der Waals surface area contributed by atoms with E-state index in [1.54, 1.807) is 24.5 Å². The molecule has 1 aromatic heterocycles. The van der Waals surface area contributed by atoms with Gasteiger partial charge in [0, 0.05) is 29.4 Å². The quantitative estimate of drug-likeness (QED) is 0.799. The third-order valence-electron chi connectivity index (χ3n) is 3.61. The average molecular weight is 364 g/mol. The summed E-state index contributed by atoms with van der Waals surface area (Å²) in [6.07, 6.45) is 5.11. The number of carbonyl (C=O) groups is 1. The van der Waals surface area contributed by atoms with E-state index in [4.69, 9.17) is 4.74 Å². The van der Waals surface area contributed by atoms with Crippen molar-refractivity contribution >= 4 is 21.9 Å². The van der Waals surface area contributed by atoms with Gasteiger partial charge in [-0.2, -0.15) is 0 Å². The number of hydrogen-bond donors (Lipinski definition) is 1. The predicted molar refractivity (Wildman–Crippen MR) is 87.9 cm³/mol. The van der Waals surface area contributed by atoms with E-state index in [2.05, 4.69) is 20.9 Å². The Bertz CT molecular complexity index is 631. The van der Waals surface area contributed by atoms with Crippen LogP contribution in [-0.4, -0.2) is 29.8 Å². The Labute approximate surface area is 138 Å². The van der Waals surface area contributed by atoms with Crippen LogP contribution >= 0.6 is 15.9 Å². The van der Waals surface area contributed by atoms with Crippen molar-refractivity contribution in [1.29, 1.82) is 0 Å². The molecule has 0 spiro atoms. The molecule has 0 unspecified atom stereocenters. The van der Waals surface area contributed by atoms with Gasteiger partial charge in [-0.05, 0) is 42.2 Å². The van der Waals surface area contributed by atoms with Crippen LogP contribution in [0.4, 0.5) is 0 Å². The van der Waals surface area contributed by atoms with Crippen molar-refractivity contribution in [2.75, 3.05) is 13.7 Å². The van der Waals surface area contributed by atoms with E-state index in [1.165, 1.54) is 7.11 Å². The zero-order valence-corrected chi connectivity index (χ0v) is 13.9. The van der Waals surface area contributed by atoms with Crippen LogP contribution in [0, 0.1) is 0 Å². The van der Waals surface area contributed by atoms with Crippen LogP contribution in [0.3, 0.4) is 0 Å². The van der Waals surface area contributed by atoms with E-state index < -0.39 is 0 Å². The number of esters is 1. The molecule has 5 heteroatoms. The Morgan fingerprint density at radius 1 is 1.41 bits per heavy atom. The highest BCUT2D eigenvalue weighted by molar-refractivity contribution is 9.10. The van der Waals surface area contributed by atoms with E-state index in [0.717, 1.165) is 28.4 Å². The maximum absolute atomic E-state index is 11.5. The van der Waals surface area contributed by atoms with E-state index in [-0.39, 0.29) is 18.5 Å². The SMILES string of the molecule is COC(=O)c1ccc(CC[C@H](CO)c2cccnc2)c(Br)c1. The highest BCUT2D eigenvalue weighted by atomic mass is 79.9. The van der Waals surface area contributed by atoms with Gasteiger partial charge in [0.05, 0.1) is 12.7 Å². The highest BCUT2D eigenvalue weighted by Crippen LogP contribution is 2.25. The minimum atomic E-state index is -0.351. The van der Waals surface area contributed by atoms with Crippen molar-refractivity contribution in [2.24, 2.45) is 0 Å². The molecular weight excluding hydrogens is 346 g/mol. The van der Waals surface area contributed by atoms with Crippen molar-refractivity contribution < 1.29 is 14.6 Å². The summed E-state index contributed by atoms with van der Waals surface area (Å²) in [5, 5.41) is 9.57. The molecule has 0 saturated carbocycles. The second-order valence-electron chi connectivity index (χ2n) is 5.00. The number of rotatable bonds is 6. The minimum absolute atomic E-state index is 0.0564. The maximum Gasteiger partial charge on any atom is 0.337 e. The number of aromatic nitrogens is 1. The van der Waals surface area contributed by atoms with E-state index in [1.807, 2.05) is 18.2 Å². The van der Waals surface area contributed by atoms with Gasteiger partial charge >= 0.3 is 5.97 Å². The molecule has 1 heterocycles. The van der Waals surface area contributed by atoms with E-state index in [0.29, 0.717) is 5.56 Å². The molecule has 1 atom stereocenters. The molecule has 0 aliphatic carbocycles. The van der Waals surface area contributed by atoms with Gasteiger partial charge in [-0.3, -0.25) is 4.98 Å². The first-order valence-corrected chi connectivity index (χ1v) is 7.82. The molecule has 0 fully saturated rings. The van der Waals surface area contributed by atoms with Gasteiger partial charge in [0.2, 0.25) is 0 Å². The molecule has 1 aromatic carbocycles. The van der Waals surface area contributed by atoms with Crippen LogP contribution in [-0.2, 0) is 11.2 Å². The Kier molecular flexibility index (Phi) is 6.10. The number of aryl methyl sites for hydroxylation is 1. The Morgan fingerprint density at radius 2 is 2.23 bits per heavy atom. The number of nitrogens with zero attached hydrogens (tertiary/aromatic N) is 1. The first-order chi connectivity index (χ1) is 10.7. The fourth-order valence-electron chi connectivity index (χ4n) is 2.31. The third kappa shape index (κ3) is 4.15. The summed E-state index contributed by atoms with van der Waals surface area (Å²) < 4.78 is 5.58. The van der Waals surface area contributed by atoms with Crippen molar-refractivity contribution in [2.45, 2.75) is 18.8 Å². The smallest absolute Gasteiger partial charge is 0.337 e. The number of methoxy groups -OCH3 is 1. The molecule has 0 radical (unpaired) electrons. The van der Waals surface area contributed by atoms with Crippen LogP contribution in [0.2, 0.25) is 0 Å². The van der Waals surface area contributed by atoms with Crippen molar-refractivity contribution in [3.63, 3.8) is 0 Å². The molecule has 0 amide bonds. The summed E-state index contributed by atoms with van der Waals surface area (Å²) >= 11 is 3.49. The highest BCUT2D eigenvalue weighted by Gasteiger charge is 2.13. The van der Waals surface area contributed by atoms with Crippen molar-refractivity contribution in [3.8, 4) is 0 Å². The molecule has 0 bridgehead atoms. The number of carbonyl (C=O) groups excluding carboxylic acids is 1. The largest absolute Gasteiger partial charge is 0.465 e. The van der Waals surface area contributed by atoms with E-state index in [9.17, 15) is 9.90 Å². The normalized spacial score (nSPS) is 12.0. The van der Waals surface area contributed by atoms with Crippen LogP contribution < -0.4 is 0 Å². The summed E-state index contributed by atoms with van der Waals surface area (Å²) in [4.78, 5) is 15.6. The number of ether oxygens (including phenoxy) is 1. The molecule has 1 N–H and O–H groups in total. The standard InChI is InChI=1S/C17H18BrNO3/c1-22-17(21)13-6-4-12(16(18)9-13)5-7-15(11-20)14-3-2-8-19-10-14/h2-4,6,8-10,15,20H,5,7,11H2,1H3/t15-/m1/s1. The zero-order chi connectivity index (χ0) is 15.9. The predicted octanol–water partition coefficient (Wildman–Crippen LogP) is 3.34. The van der Waals surface area contributed by atoms with Gasteiger partial charge in [-0.25, -0.2) is 4.79 Å². The van der Waals surface area contributed by atoms with Gasteiger partial charge in [0.15, 0.2) is 0 Å². The van der Waals surface area contributed by atoms with Gasteiger partial charge < -0.3 is 9.84 Å². The van der Waals surface area contributed by atoms with Crippen molar-refractivity contribution in [1.82, 2.24) is 4.98 Å². The second-order valence-corrected chi connectivity index (χ2v) is 5.86. The molecule has 2 aromatic rings. The lowest BCUT2D eigenvalue weighted by Gasteiger charge is -2.15. The van der Waals surface area contributed by atoms with Gasteiger partial charge in [-0.15, -0.1) is 0 Å². The van der Waals surface area contributed by atoms with Crippen LogP contribution in [0.5, 0.6) is 0 Å². The van der Waals surface area contributed by atoms with Crippen LogP contribution in [0.15, 0.2) is 47.2 Å². The van der Waals surface area contributed by atoms with Gasteiger partial charge in [-0.1, -0.05) is 28.1 Å². The van der Waals surface area contributed by atoms with Crippen LogP contribution in [0.25, 0.3) is 0 Å². The Balaban J connectivity index is 2.06. The molecule has 0 aliphatic rings. The Hall–Kier alpha value is -1.72. The van der Waals surface area contributed by atoms with Gasteiger partial charge in [0.1, 0.15) is 0 Å². The Morgan fingerprint density at radius 3 is 2.82 bits per heavy atom. The lowest BCUT2D eigenvalue weighted by atomic mass is 9.94. The maximum atomic E-state index is 11.5. The number of benzene rings is 1. The van der Waals surface area contributed by atoms with Crippen LogP contribution in [0.1, 0.15) is 33.8 Å². The molecule has 116 valence electrons. The number of aliphatic hydroxyl groups is 1. The number of halogens is 1. The first kappa shape index (κ1) is 16.6. The lowest BCUT2D eigenvalue weighted by Crippen LogP contribution is -2.07. The molecule has 0 saturated heterocycles. The second kappa shape index (κ2) is 8.06. The lowest BCUT2D eigenvalue weighted by molar-refractivity contribution is 0.0600. The topological polar surface area (TPSA) is 59.4 Å². The molecule has 2 rings (SSSR count). The summed E-state index contributed by atoms with van der Waals surface area (Å²) in [5.41, 5.74) is 2.64. The molecule has 0 aliphatic heterocycles. The summed E-state index contributed by atoms with van der Waals surface area (Å²) in [5.74, 6) is -0.295. The first-order valence-electron chi connectivity index (χ1n) is 7.03. The number of pyridine rings is 1. The monoisotopic (exact) mass is 363 g/mol. The number of hydrogen-bond acceptors (Lipinski definition) is 4. The number of aliphatic hydroxyl groups excluding tert-OH is 1. The summed E-state index contributed by atoms with van der Waals surface area (Å²) in [6.45, 7) is 0.0869.